The minimum atomic E-state index is -1.90. The maximum Gasteiger partial charge on any atom is 0.192 e. The Kier molecular flexibility index (Phi) is 7.99. The maximum atomic E-state index is 10.8. The van der Waals surface area contributed by atoms with Crippen LogP contribution in [0.3, 0.4) is 0 Å². The summed E-state index contributed by atoms with van der Waals surface area (Å²) in [4.78, 5) is 0. The molecule has 3 rings (SSSR count). The normalized spacial score (nSPS) is 33.0. The van der Waals surface area contributed by atoms with Gasteiger partial charge in [-0.1, -0.05) is 53.7 Å². The second kappa shape index (κ2) is 9.78. The lowest BCUT2D eigenvalue weighted by Gasteiger charge is -2.43. The molecule has 33 heavy (non-hydrogen) atoms. The molecule has 0 amide bonds. The summed E-state index contributed by atoms with van der Waals surface area (Å²) in [6.45, 7) is 21.4. The Labute approximate surface area is 204 Å². The van der Waals surface area contributed by atoms with Gasteiger partial charge in [0.05, 0.1) is 25.4 Å². The molecule has 1 spiro atoms. The standard InChI is InChI=1S/C28H48O4Si/c1-10-11-12-20(2)24(29)14-13-22-23-17-28(30-18-27(6,7)19-31-28)16-21(23)15-25(22)32-33(8,9)26(3,4)5/h13-14,20-25,29H,12,15-19H2,1-9H3/b14-13+/t20?,21-,22-,23+,24-,25-/m1/s1. The SMILES string of the molecule is CC#CCC(C)[C@H](O)/C=C/[C@@H]1[C@H]2CC3(C[C@H]2C[C@H]1O[Si](C)(C)C(C)(C)C)OCC(C)(C)CO3. The topological polar surface area (TPSA) is 47.9 Å². The van der Waals surface area contributed by atoms with E-state index in [-0.39, 0.29) is 28.4 Å². The molecule has 2 saturated carbocycles. The Morgan fingerprint density at radius 1 is 1.18 bits per heavy atom. The van der Waals surface area contributed by atoms with Gasteiger partial charge < -0.3 is 19.0 Å². The number of aliphatic hydroxyl groups is 1. The van der Waals surface area contributed by atoms with Crippen LogP contribution in [0.1, 0.15) is 74.1 Å². The molecule has 188 valence electrons. The van der Waals surface area contributed by atoms with Crippen LogP contribution in [0, 0.1) is 40.9 Å². The predicted molar refractivity (Wildman–Crippen MR) is 137 cm³/mol. The molecule has 0 aromatic rings. The van der Waals surface area contributed by atoms with Crippen molar-refractivity contribution in [3.63, 3.8) is 0 Å². The van der Waals surface area contributed by atoms with Crippen molar-refractivity contribution in [1.82, 2.24) is 0 Å². The van der Waals surface area contributed by atoms with E-state index in [0.29, 0.717) is 18.3 Å². The number of aliphatic hydroxyl groups excluding tert-OH is 1. The summed E-state index contributed by atoms with van der Waals surface area (Å²) in [6, 6.07) is 0. The Balaban J connectivity index is 1.78. The van der Waals surface area contributed by atoms with Crippen LogP contribution in [0.25, 0.3) is 0 Å². The maximum absolute atomic E-state index is 10.8. The van der Waals surface area contributed by atoms with Crippen LogP contribution in [0.5, 0.6) is 0 Å². The molecule has 4 nitrogen and oxygen atoms in total. The molecule has 2 aliphatic carbocycles. The summed E-state index contributed by atoms with van der Waals surface area (Å²) in [5, 5.41) is 10.9. The van der Waals surface area contributed by atoms with Gasteiger partial charge in [0.15, 0.2) is 14.1 Å². The molecule has 1 heterocycles. The number of fused-ring (bicyclic) bond motifs is 1. The number of hydrogen-bond acceptors (Lipinski definition) is 4. The van der Waals surface area contributed by atoms with Crippen LogP contribution < -0.4 is 0 Å². The van der Waals surface area contributed by atoms with Gasteiger partial charge in [0.1, 0.15) is 0 Å². The lowest BCUT2D eigenvalue weighted by atomic mass is 9.89. The van der Waals surface area contributed by atoms with Gasteiger partial charge >= 0.3 is 0 Å². The van der Waals surface area contributed by atoms with Crippen LogP contribution in [-0.4, -0.2) is 44.6 Å². The average Bonchev–Trinajstić information content (AvgIpc) is 3.19. The summed E-state index contributed by atoms with van der Waals surface area (Å²) >= 11 is 0. The van der Waals surface area contributed by atoms with Crippen molar-refractivity contribution in [2.24, 2.45) is 29.1 Å². The van der Waals surface area contributed by atoms with Gasteiger partial charge in [-0.3, -0.25) is 0 Å². The van der Waals surface area contributed by atoms with Crippen LogP contribution >= 0.6 is 0 Å². The predicted octanol–water partition coefficient (Wildman–Crippen LogP) is 6.16. The zero-order chi connectivity index (χ0) is 24.7. The summed E-state index contributed by atoms with van der Waals surface area (Å²) < 4.78 is 19.7. The molecule has 0 radical (unpaired) electrons. The Morgan fingerprint density at radius 3 is 2.39 bits per heavy atom. The third-order valence-corrected chi connectivity index (χ3v) is 13.1. The van der Waals surface area contributed by atoms with Crippen molar-refractivity contribution >= 4 is 8.32 Å². The van der Waals surface area contributed by atoms with E-state index < -0.39 is 20.2 Å². The summed E-state index contributed by atoms with van der Waals surface area (Å²) in [5.41, 5.74) is 0.0812. The van der Waals surface area contributed by atoms with E-state index in [1.54, 1.807) is 0 Å². The molecule has 1 N–H and O–H groups in total. The highest BCUT2D eigenvalue weighted by Crippen LogP contribution is 2.57. The molecule has 1 aliphatic heterocycles. The molecule has 6 atom stereocenters. The lowest BCUT2D eigenvalue weighted by Crippen LogP contribution is -2.47. The van der Waals surface area contributed by atoms with E-state index in [2.05, 4.69) is 72.6 Å². The number of ether oxygens (including phenoxy) is 2. The van der Waals surface area contributed by atoms with E-state index in [0.717, 1.165) is 32.5 Å². The summed E-state index contributed by atoms with van der Waals surface area (Å²) in [7, 11) is -1.90. The minimum Gasteiger partial charge on any atom is -0.413 e. The molecule has 5 heteroatoms. The van der Waals surface area contributed by atoms with Crippen LogP contribution in [0.4, 0.5) is 0 Å². The quantitative estimate of drug-likeness (QED) is 0.283. The first-order chi connectivity index (χ1) is 15.2. The number of rotatable bonds is 6. The molecular weight excluding hydrogens is 428 g/mol. The van der Waals surface area contributed by atoms with E-state index in [1.807, 2.05) is 13.0 Å². The third-order valence-electron chi connectivity index (χ3n) is 8.60. The first-order valence-corrected chi connectivity index (χ1v) is 15.8. The third kappa shape index (κ3) is 6.14. The lowest BCUT2D eigenvalue weighted by molar-refractivity contribution is -0.298. The first-order valence-electron chi connectivity index (χ1n) is 12.9. The monoisotopic (exact) mass is 476 g/mol. The Hall–Kier alpha value is -0.643. The zero-order valence-electron chi connectivity index (χ0n) is 22.5. The molecule has 0 bridgehead atoms. The van der Waals surface area contributed by atoms with Gasteiger partial charge in [-0.25, -0.2) is 0 Å². The highest BCUT2D eigenvalue weighted by Gasteiger charge is 2.58. The second-order valence-corrected chi connectivity index (χ2v) is 18.0. The van der Waals surface area contributed by atoms with Crippen molar-refractivity contribution in [2.45, 2.75) is 110 Å². The van der Waals surface area contributed by atoms with Crippen molar-refractivity contribution < 1.29 is 19.0 Å². The Morgan fingerprint density at radius 2 is 1.82 bits per heavy atom. The smallest absolute Gasteiger partial charge is 0.192 e. The van der Waals surface area contributed by atoms with Gasteiger partial charge in [-0.05, 0) is 49.2 Å². The summed E-state index contributed by atoms with van der Waals surface area (Å²) in [5.74, 6) is 7.02. The van der Waals surface area contributed by atoms with Crippen LogP contribution in [0.15, 0.2) is 12.2 Å². The molecule has 3 aliphatic rings. The van der Waals surface area contributed by atoms with E-state index >= 15 is 0 Å². The van der Waals surface area contributed by atoms with E-state index in [9.17, 15) is 5.11 Å². The van der Waals surface area contributed by atoms with Gasteiger partial charge in [0.25, 0.3) is 0 Å². The van der Waals surface area contributed by atoms with Gasteiger partial charge in [-0.15, -0.1) is 11.8 Å². The minimum absolute atomic E-state index is 0.0812. The zero-order valence-corrected chi connectivity index (χ0v) is 23.5. The summed E-state index contributed by atoms with van der Waals surface area (Å²) in [6.07, 6.45) is 7.63. The molecule has 1 unspecified atom stereocenters. The largest absolute Gasteiger partial charge is 0.413 e. The van der Waals surface area contributed by atoms with Crippen LogP contribution in [0.2, 0.25) is 18.1 Å². The van der Waals surface area contributed by atoms with Gasteiger partial charge in [0, 0.05) is 30.6 Å². The first kappa shape index (κ1) is 27.0. The fraction of sp³-hybridized carbons (Fsp3) is 0.857. The highest BCUT2D eigenvalue weighted by atomic mass is 28.4. The van der Waals surface area contributed by atoms with E-state index in [1.165, 1.54) is 0 Å². The van der Waals surface area contributed by atoms with Crippen LogP contribution in [-0.2, 0) is 13.9 Å². The van der Waals surface area contributed by atoms with Crippen molar-refractivity contribution in [3.05, 3.63) is 12.2 Å². The molecule has 0 aromatic carbocycles. The molecular formula is C28H48O4Si. The average molecular weight is 477 g/mol. The molecule has 3 fully saturated rings. The van der Waals surface area contributed by atoms with Gasteiger partial charge in [0.2, 0.25) is 0 Å². The van der Waals surface area contributed by atoms with Crippen molar-refractivity contribution in [1.29, 1.82) is 0 Å². The fourth-order valence-corrected chi connectivity index (χ4v) is 6.70. The number of hydrogen-bond donors (Lipinski definition) is 1. The highest BCUT2D eigenvalue weighted by molar-refractivity contribution is 6.74. The van der Waals surface area contributed by atoms with Crippen molar-refractivity contribution in [2.75, 3.05) is 13.2 Å². The van der Waals surface area contributed by atoms with Crippen molar-refractivity contribution in [3.8, 4) is 11.8 Å². The van der Waals surface area contributed by atoms with E-state index in [4.69, 9.17) is 13.9 Å². The Bertz CT molecular complexity index is 759. The molecule has 0 aromatic heterocycles. The molecule has 1 saturated heterocycles. The fourth-order valence-electron chi connectivity index (χ4n) is 5.34. The second-order valence-electron chi connectivity index (χ2n) is 13.2. The van der Waals surface area contributed by atoms with Gasteiger partial charge in [-0.2, -0.15) is 0 Å².